The number of carbonyl (C=O) groups excluding carboxylic acids is 2. The summed E-state index contributed by atoms with van der Waals surface area (Å²) in [5, 5.41) is 0.285. The van der Waals surface area contributed by atoms with Crippen molar-refractivity contribution in [2.75, 3.05) is 12.4 Å². The van der Waals surface area contributed by atoms with E-state index < -0.39 is 63.4 Å². The van der Waals surface area contributed by atoms with Gasteiger partial charge >= 0.3 is 18.3 Å². The van der Waals surface area contributed by atoms with Crippen molar-refractivity contribution >= 4 is 40.8 Å². The van der Waals surface area contributed by atoms with Crippen LogP contribution in [0.25, 0.3) is 0 Å². The molecule has 5 nitrogen and oxygen atoms in total. The molecule has 0 saturated heterocycles. The Hall–Kier alpha value is -2.80. The Balaban J connectivity index is 2.23. The molecule has 0 aromatic heterocycles. The van der Waals surface area contributed by atoms with Crippen LogP contribution in [0.4, 0.5) is 45.6 Å². The van der Waals surface area contributed by atoms with Crippen LogP contribution in [0, 0.1) is 11.6 Å². The summed E-state index contributed by atoms with van der Waals surface area (Å²) in [5.41, 5.74) is -1.42. The molecule has 3 amide bonds. The Labute approximate surface area is 189 Å². The van der Waals surface area contributed by atoms with Crippen molar-refractivity contribution in [3.8, 4) is 5.75 Å². The van der Waals surface area contributed by atoms with E-state index in [2.05, 4.69) is 4.74 Å². The van der Waals surface area contributed by atoms with E-state index in [0.29, 0.717) is 12.1 Å². The molecule has 0 bridgehead atoms. The molecule has 0 spiro atoms. The van der Waals surface area contributed by atoms with Gasteiger partial charge < -0.3 is 10.1 Å². The molecule has 0 aliphatic carbocycles. The van der Waals surface area contributed by atoms with Crippen molar-refractivity contribution in [3.05, 3.63) is 57.6 Å². The van der Waals surface area contributed by atoms with Crippen LogP contribution >= 0.6 is 23.2 Å². The Bertz CT molecular complexity index is 1040. The van der Waals surface area contributed by atoms with Crippen molar-refractivity contribution in [3.63, 3.8) is 0 Å². The largest absolute Gasteiger partial charge is 0.439 e. The number of urea groups is 1. The second-order valence-corrected chi connectivity index (χ2v) is 7.04. The van der Waals surface area contributed by atoms with Crippen LogP contribution < -0.4 is 10.1 Å². The third-order valence-corrected chi connectivity index (χ3v) is 4.42. The highest BCUT2D eigenvalue weighted by Crippen LogP contribution is 2.42. The summed E-state index contributed by atoms with van der Waals surface area (Å²) >= 11 is 11.3. The van der Waals surface area contributed by atoms with Crippen LogP contribution in [0.3, 0.4) is 0 Å². The second kappa shape index (κ2) is 9.59. The summed E-state index contributed by atoms with van der Waals surface area (Å²) in [7, 11) is 0.851. The monoisotopic (exact) mass is 524 g/mol. The van der Waals surface area contributed by atoms with E-state index >= 15 is 0 Å². The molecule has 0 aliphatic rings. The molecule has 1 N–H and O–H groups in total. The van der Waals surface area contributed by atoms with E-state index in [1.54, 1.807) is 0 Å². The molecule has 2 aromatic rings. The van der Waals surface area contributed by atoms with Crippen molar-refractivity contribution in [1.29, 1.82) is 0 Å². The molecule has 33 heavy (non-hydrogen) atoms. The molecule has 180 valence electrons. The van der Waals surface area contributed by atoms with Crippen LogP contribution in [0.2, 0.25) is 10.0 Å². The minimum atomic E-state index is -5.95. The molecule has 0 fully saturated rings. The molecule has 0 saturated carbocycles. The quantitative estimate of drug-likeness (QED) is 0.457. The summed E-state index contributed by atoms with van der Waals surface area (Å²) in [6.45, 7) is 0. The molecular formula is C18H10Cl2F8N2O3. The summed E-state index contributed by atoms with van der Waals surface area (Å²) in [6.07, 6.45) is -16.0. The van der Waals surface area contributed by atoms with E-state index in [1.165, 1.54) is 0 Å². The molecule has 1 unspecified atom stereocenters. The number of halogens is 10. The molecule has 1 atom stereocenters. The molecule has 2 aromatic carbocycles. The lowest BCUT2D eigenvalue weighted by molar-refractivity contribution is -0.304. The number of nitrogens with one attached hydrogen (secondary N) is 1. The van der Waals surface area contributed by atoms with Crippen molar-refractivity contribution in [2.24, 2.45) is 0 Å². The molecule has 2 rings (SSSR count). The van der Waals surface area contributed by atoms with Gasteiger partial charge in [0.1, 0.15) is 17.2 Å². The lowest BCUT2D eigenvalue weighted by Gasteiger charge is -2.24. The maximum atomic E-state index is 13.7. The van der Waals surface area contributed by atoms with Crippen LogP contribution in [-0.4, -0.2) is 42.3 Å². The van der Waals surface area contributed by atoms with Gasteiger partial charge in [-0.1, -0.05) is 29.3 Å². The molecule has 15 heteroatoms. The number of anilines is 1. The number of imide groups is 1. The highest BCUT2D eigenvalue weighted by atomic mass is 35.5. The van der Waals surface area contributed by atoms with Gasteiger partial charge in [-0.05, 0) is 24.3 Å². The van der Waals surface area contributed by atoms with E-state index in [-0.39, 0.29) is 10.6 Å². The fraction of sp³-hybridized carbons (Fsp3) is 0.222. The Kier molecular flexibility index (Phi) is 7.69. The summed E-state index contributed by atoms with van der Waals surface area (Å²) < 4.78 is 108. The van der Waals surface area contributed by atoms with Crippen LogP contribution in [0.15, 0.2) is 30.3 Å². The Morgan fingerprint density at radius 2 is 1.52 bits per heavy atom. The fourth-order valence-electron chi connectivity index (χ4n) is 2.28. The summed E-state index contributed by atoms with van der Waals surface area (Å²) in [5.74, 6) is -5.12. The predicted octanol–water partition coefficient (Wildman–Crippen LogP) is 6.45. The minimum Gasteiger partial charge on any atom is -0.427 e. The smallest absolute Gasteiger partial charge is 0.427 e. The van der Waals surface area contributed by atoms with E-state index in [0.717, 1.165) is 25.2 Å². The van der Waals surface area contributed by atoms with Gasteiger partial charge in [0.25, 0.3) is 12.1 Å². The predicted molar refractivity (Wildman–Crippen MR) is 100 cm³/mol. The van der Waals surface area contributed by atoms with Crippen LogP contribution in [0.1, 0.15) is 10.4 Å². The first-order valence-corrected chi connectivity index (χ1v) is 9.11. The number of hydrogen-bond donors (Lipinski definition) is 1. The Morgan fingerprint density at radius 3 is 1.97 bits per heavy atom. The van der Waals surface area contributed by atoms with Crippen molar-refractivity contribution in [2.45, 2.75) is 18.5 Å². The zero-order chi connectivity index (χ0) is 25.3. The number of amides is 3. The SMILES string of the molecule is CN(C(=O)Nc1cc(Cl)c(OC(F)(F)C(F)C(F)(F)F)c(Cl)c1)C(=O)c1c(F)cccc1F. The summed E-state index contributed by atoms with van der Waals surface area (Å²) in [4.78, 5) is 24.7. The van der Waals surface area contributed by atoms with Gasteiger partial charge in [-0.3, -0.25) is 9.69 Å². The van der Waals surface area contributed by atoms with Gasteiger partial charge in [0.15, 0.2) is 5.75 Å². The summed E-state index contributed by atoms with van der Waals surface area (Å²) in [6, 6.07) is 2.61. The van der Waals surface area contributed by atoms with Crippen molar-refractivity contribution < 1.29 is 49.4 Å². The van der Waals surface area contributed by atoms with E-state index in [1.807, 2.05) is 5.32 Å². The van der Waals surface area contributed by atoms with Gasteiger partial charge in [0, 0.05) is 12.7 Å². The fourth-order valence-corrected chi connectivity index (χ4v) is 2.84. The van der Waals surface area contributed by atoms with Crippen LogP contribution in [0.5, 0.6) is 5.75 Å². The van der Waals surface area contributed by atoms with E-state index in [9.17, 15) is 44.7 Å². The number of ether oxygens (including phenoxy) is 1. The van der Waals surface area contributed by atoms with E-state index in [4.69, 9.17) is 23.2 Å². The maximum Gasteiger partial charge on any atom is 0.439 e. The third kappa shape index (κ3) is 5.96. The average molecular weight is 525 g/mol. The minimum absolute atomic E-state index is 0.263. The lowest BCUT2D eigenvalue weighted by Crippen LogP contribution is -2.45. The highest BCUT2D eigenvalue weighted by Gasteiger charge is 2.59. The zero-order valence-electron chi connectivity index (χ0n) is 15.9. The standard InChI is InChI=1S/C18H10Cl2F8N2O3/c1-30(14(31)12-10(21)3-2-4-11(12)22)16(32)29-7-5-8(19)13(9(20)6-7)33-18(27,28)15(23)17(24,25)26/h2-6,15H,1H3,(H,29,32). The zero-order valence-corrected chi connectivity index (χ0v) is 17.4. The van der Waals surface area contributed by atoms with Crippen LogP contribution in [-0.2, 0) is 0 Å². The first-order chi connectivity index (χ1) is 15.1. The molecule has 0 heterocycles. The normalized spacial score (nSPS) is 12.8. The number of alkyl halides is 6. The van der Waals surface area contributed by atoms with Gasteiger partial charge in [-0.25, -0.2) is 18.0 Å². The number of carbonyl (C=O) groups is 2. The van der Waals surface area contributed by atoms with Gasteiger partial charge in [0.2, 0.25) is 0 Å². The maximum absolute atomic E-state index is 13.7. The lowest BCUT2D eigenvalue weighted by atomic mass is 10.2. The third-order valence-electron chi connectivity index (χ3n) is 3.86. The highest BCUT2D eigenvalue weighted by molar-refractivity contribution is 6.37. The molecule has 0 radical (unpaired) electrons. The first-order valence-electron chi connectivity index (χ1n) is 8.36. The first kappa shape index (κ1) is 26.5. The number of benzene rings is 2. The van der Waals surface area contributed by atoms with Gasteiger partial charge in [-0.2, -0.15) is 22.0 Å². The topological polar surface area (TPSA) is 58.6 Å². The number of rotatable bonds is 5. The molecular weight excluding hydrogens is 515 g/mol. The second-order valence-electron chi connectivity index (χ2n) is 6.23. The number of hydrogen-bond acceptors (Lipinski definition) is 3. The number of nitrogens with zero attached hydrogens (tertiary/aromatic N) is 1. The Morgan fingerprint density at radius 1 is 1.03 bits per heavy atom. The van der Waals surface area contributed by atoms with Gasteiger partial charge in [0.05, 0.1) is 10.0 Å². The molecule has 0 aliphatic heterocycles. The van der Waals surface area contributed by atoms with Gasteiger partial charge in [-0.15, -0.1) is 0 Å². The van der Waals surface area contributed by atoms with Crippen molar-refractivity contribution in [1.82, 2.24) is 4.90 Å². The average Bonchev–Trinajstić information content (AvgIpc) is 2.68.